The quantitative estimate of drug-likeness (QED) is 0.541. The third-order valence-electron chi connectivity index (χ3n) is 3.51. The third-order valence-corrected chi connectivity index (χ3v) is 3.76. The molecular formula is C16H16Cl2O5. The van der Waals surface area contributed by atoms with Crippen LogP contribution < -0.4 is 18.6 Å². The molecule has 23 heavy (non-hydrogen) atoms. The van der Waals surface area contributed by atoms with Crippen LogP contribution in [0, 0.1) is 10.2 Å². The van der Waals surface area contributed by atoms with Crippen molar-refractivity contribution in [1.29, 1.82) is 0 Å². The summed E-state index contributed by atoms with van der Waals surface area (Å²) in [4.78, 5) is 0. The zero-order valence-electron chi connectivity index (χ0n) is 12.3. The van der Waals surface area contributed by atoms with Gasteiger partial charge in [0.15, 0.2) is 0 Å². The van der Waals surface area contributed by atoms with Crippen molar-refractivity contribution >= 4 is 11.6 Å². The molecule has 1 aliphatic carbocycles. The Morgan fingerprint density at radius 1 is 0.826 bits per heavy atom. The molecule has 0 fully saturated rings. The number of benzene rings is 1. The molecule has 0 N–H and O–H groups in total. The predicted octanol–water partition coefficient (Wildman–Crippen LogP) is 0.394. The topological polar surface area (TPSA) is 104 Å². The van der Waals surface area contributed by atoms with Gasteiger partial charge >= 0.3 is 11.5 Å². The van der Waals surface area contributed by atoms with Crippen molar-refractivity contribution in [3.63, 3.8) is 0 Å². The molecule has 1 aromatic heterocycles. The van der Waals surface area contributed by atoms with Crippen LogP contribution in [0.2, 0.25) is 5.02 Å². The first-order chi connectivity index (χ1) is 10.8. The number of hydrogen-bond acceptors (Lipinski definition) is 4. The van der Waals surface area contributed by atoms with Gasteiger partial charge in [-0.25, -0.2) is 23.1 Å². The van der Waals surface area contributed by atoms with Crippen LogP contribution in [0.25, 0.3) is 11.3 Å². The second kappa shape index (κ2) is 8.06. The molecular weight excluding hydrogens is 343 g/mol. The predicted molar refractivity (Wildman–Crippen MR) is 74.8 cm³/mol. The van der Waals surface area contributed by atoms with Crippen molar-refractivity contribution in [2.24, 2.45) is 0 Å². The summed E-state index contributed by atoms with van der Waals surface area (Å²) in [5.74, 6) is 2.10. The smallest absolute Gasteiger partial charge is 0.222 e. The number of halogens is 2. The lowest BCUT2D eigenvalue weighted by molar-refractivity contribution is -2.00. The highest BCUT2D eigenvalue weighted by Crippen LogP contribution is 2.27. The minimum atomic E-state index is -4.94. The highest BCUT2D eigenvalue weighted by molar-refractivity contribution is 6.30. The molecule has 1 aromatic carbocycles. The molecule has 0 bridgehead atoms. The van der Waals surface area contributed by atoms with E-state index in [4.69, 9.17) is 34.7 Å². The molecule has 7 heteroatoms. The maximum atomic E-state index is 8.49. The summed E-state index contributed by atoms with van der Waals surface area (Å²) in [5, 5.41) is 0.758. The summed E-state index contributed by atoms with van der Waals surface area (Å²) in [7, 11) is -4.94. The average molecular weight is 359 g/mol. The first-order valence-electron chi connectivity index (χ1n) is 7.15. The molecule has 0 saturated heterocycles. The lowest BCUT2D eigenvalue weighted by Crippen LogP contribution is -2.68. The van der Waals surface area contributed by atoms with E-state index in [0.29, 0.717) is 0 Å². The van der Waals surface area contributed by atoms with Crippen LogP contribution in [0.15, 0.2) is 40.8 Å². The molecule has 0 atom stereocenters. The van der Waals surface area contributed by atoms with E-state index < -0.39 is 10.2 Å². The normalized spacial score (nSPS) is 14.3. The summed E-state index contributed by atoms with van der Waals surface area (Å²) in [6.07, 6.45) is 6.04. The summed E-state index contributed by atoms with van der Waals surface area (Å²) < 4.78 is 40.0. The molecule has 0 amide bonds. The van der Waals surface area contributed by atoms with Gasteiger partial charge in [-0.05, 0) is 49.6 Å². The van der Waals surface area contributed by atoms with Crippen molar-refractivity contribution in [3.8, 4) is 11.3 Å². The molecule has 0 spiro atoms. The minimum Gasteiger partial charge on any atom is -0.222 e. The Morgan fingerprint density at radius 2 is 1.43 bits per heavy atom. The Labute approximate surface area is 141 Å². The summed E-state index contributed by atoms with van der Waals surface area (Å²) >= 11 is 5.91. The highest BCUT2D eigenvalue weighted by Gasteiger charge is 2.21. The van der Waals surface area contributed by atoms with Crippen molar-refractivity contribution in [2.75, 3.05) is 0 Å². The Balaban J connectivity index is 0.000000338. The average Bonchev–Trinajstić information content (AvgIpc) is 2.70. The zero-order valence-corrected chi connectivity index (χ0v) is 13.8. The second-order valence-electron chi connectivity index (χ2n) is 5.19. The molecule has 1 aliphatic rings. The van der Waals surface area contributed by atoms with Gasteiger partial charge in [0.25, 0.3) is 0 Å². The van der Waals surface area contributed by atoms with Gasteiger partial charge in [-0.1, -0.05) is 18.0 Å². The molecule has 124 valence electrons. The first kappa shape index (κ1) is 18.1. The van der Waals surface area contributed by atoms with Crippen LogP contribution in [-0.2, 0) is 12.8 Å². The number of aryl methyl sites for hydroxylation is 2. The van der Waals surface area contributed by atoms with Gasteiger partial charge in [-0.3, -0.25) is 0 Å². The Hall–Kier alpha value is -1.21. The molecule has 0 aliphatic heterocycles. The largest absolute Gasteiger partial charge is 0.360 e. The van der Waals surface area contributed by atoms with Gasteiger partial charge in [-0.15, -0.1) is 10.2 Å². The molecule has 0 unspecified atom stereocenters. The molecule has 0 radical (unpaired) electrons. The van der Waals surface area contributed by atoms with Gasteiger partial charge in [0.2, 0.25) is 0 Å². The van der Waals surface area contributed by atoms with Crippen molar-refractivity contribution in [2.45, 2.75) is 32.1 Å². The van der Waals surface area contributed by atoms with E-state index in [1.54, 1.807) is 0 Å². The van der Waals surface area contributed by atoms with E-state index in [1.807, 2.05) is 24.3 Å². The van der Waals surface area contributed by atoms with E-state index in [-0.39, 0.29) is 0 Å². The fourth-order valence-electron chi connectivity index (χ4n) is 2.48. The first-order valence-corrected chi connectivity index (χ1v) is 8.77. The molecule has 2 aromatic rings. The van der Waals surface area contributed by atoms with Crippen LogP contribution in [-0.4, -0.2) is 0 Å². The molecule has 5 nitrogen and oxygen atoms in total. The van der Waals surface area contributed by atoms with Crippen LogP contribution in [0.1, 0.15) is 30.6 Å². The van der Waals surface area contributed by atoms with Crippen LogP contribution in [0.4, 0.5) is 0 Å². The lowest BCUT2D eigenvalue weighted by Gasteiger charge is -2.17. The maximum absolute atomic E-state index is 8.49. The maximum Gasteiger partial charge on any atom is 0.360 e. The van der Waals surface area contributed by atoms with Gasteiger partial charge in [0.05, 0.1) is 17.5 Å². The summed E-state index contributed by atoms with van der Waals surface area (Å²) in [6.45, 7) is 0. The van der Waals surface area contributed by atoms with Crippen molar-refractivity contribution in [3.05, 3.63) is 52.7 Å². The van der Waals surface area contributed by atoms with E-state index in [0.717, 1.165) is 29.2 Å². The standard InChI is InChI=1S/C16H16ClO.ClHO4/c17-14-9-6-13(7-10-14)16-11-8-12-4-2-1-3-5-15(12)18-16;2-1(3,4)5/h6-11H,1-5H2;(H,2,3,4,5)/q+1;/p-1. The van der Waals surface area contributed by atoms with Crippen LogP contribution in [0.3, 0.4) is 0 Å². The van der Waals surface area contributed by atoms with Gasteiger partial charge < -0.3 is 0 Å². The highest BCUT2D eigenvalue weighted by atomic mass is 35.7. The van der Waals surface area contributed by atoms with E-state index in [2.05, 4.69) is 12.1 Å². The zero-order chi connectivity index (χ0) is 16.9. The SMILES string of the molecule is Clc1ccc(-c2ccc3c([o+]2)CCCCC3)cc1.[O-][Cl+3]([O-])([O-])[O-]. The Kier molecular flexibility index (Phi) is 6.35. The minimum absolute atomic E-state index is 0.758. The van der Waals surface area contributed by atoms with Gasteiger partial charge in [0.1, 0.15) is 0 Å². The van der Waals surface area contributed by atoms with Gasteiger partial charge in [0, 0.05) is 11.1 Å². The number of rotatable bonds is 1. The monoisotopic (exact) mass is 358 g/mol. The van der Waals surface area contributed by atoms with E-state index in [1.165, 1.54) is 30.6 Å². The molecule has 1 heterocycles. The van der Waals surface area contributed by atoms with Crippen molar-refractivity contribution in [1.82, 2.24) is 0 Å². The van der Waals surface area contributed by atoms with Crippen molar-refractivity contribution < 1.29 is 33.3 Å². The Morgan fingerprint density at radius 3 is 2.09 bits per heavy atom. The summed E-state index contributed by atoms with van der Waals surface area (Å²) in [6, 6.07) is 12.1. The number of fused-ring (bicyclic) bond motifs is 1. The molecule has 0 saturated carbocycles. The number of hydrogen-bond donors (Lipinski definition) is 0. The van der Waals surface area contributed by atoms with Gasteiger partial charge in [-0.2, -0.15) is 0 Å². The van der Waals surface area contributed by atoms with E-state index in [9.17, 15) is 0 Å². The van der Waals surface area contributed by atoms with Crippen LogP contribution >= 0.6 is 11.6 Å². The lowest BCUT2D eigenvalue weighted by atomic mass is 10.1. The fourth-order valence-corrected chi connectivity index (χ4v) is 2.61. The van der Waals surface area contributed by atoms with E-state index >= 15 is 0 Å². The fraction of sp³-hybridized carbons (Fsp3) is 0.312. The molecule has 3 rings (SSSR count). The second-order valence-corrected chi connectivity index (χ2v) is 6.39. The van der Waals surface area contributed by atoms with Crippen LogP contribution in [0.5, 0.6) is 0 Å². The Bertz CT molecular complexity index is 632. The third kappa shape index (κ3) is 6.43. The summed E-state index contributed by atoms with van der Waals surface area (Å²) in [5.41, 5.74) is 2.47.